The molecule has 1 saturated heterocycles. The number of nitrogens with two attached hydrogens (primary N) is 1. The number of benzene rings is 3. The molecular weight excluding hydrogens is 512 g/mol. The zero-order chi connectivity index (χ0) is 28.4. The van der Waals surface area contributed by atoms with Crippen molar-refractivity contribution in [2.45, 2.75) is 12.8 Å². The number of fused-ring (bicyclic) bond motifs is 1. The molecule has 202 valence electrons. The zero-order valence-electron chi connectivity index (χ0n) is 21.6. The maximum atomic E-state index is 13.2. The summed E-state index contributed by atoms with van der Waals surface area (Å²) < 4.78 is 0. The molecular formula is C29H26N6O5. The molecule has 40 heavy (non-hydrogen) atoms. The van der Waals surface area contributed by atoms with E-state index in [1.165, 1.54) is 25.2 Å². The van der Waals surface area contributed by atoms with Crippen LogP contribution in [0.1, 0.15) is 28.7 Å². The van der Waals surface area contributed by atoms with Crippen LogP contribution in [0.5, 0.6) is 0 Å². The summed E-state index contributed by atoms with van der Waals surface area (Å²) in [5.41, 5.74) is 10.5. The first-order valence-corrected chi connectivity index (χ1v) is 12.6. The second-order valence-corrected chi connectivity index (χ2v) is 9.38. The number of rotatable bonds is 8. The Hall–Kier alpha value is -5.29. The average Bonchev–Trinajstić information content (AvgIpc) is 3.40. The number of hydrogen-bond acceptors (Lipinski definition) is 7. The molecule has 0 saturated carbocycles. The van der Waals surface area contributed by atoms with Crippen molar-refractivity contribution in [1.29, 1.82) is 0 Å². The van der Waals surface area contributed by atoms with Gasteiger partial charge in [0.25, 0.3) is 17.5 Å². The van der Waals surface area contributed by atoms with Crippen LogP contribution in [0.15, 0.2) is 72.4 Å². The number of amides is 4. The van der Waals surface area contributed by atoms with E-state index in [0.717, 1.165) is 28.9 Å². The number of nitro groups is 1. The molecule has 0 unspecified atom stereocenters. The fraction of sp³-hybridized carbons (Fsp3) is 0.138. The molecule has 3 aromatic rings. The lowest BCUT2D eigenvalue weighted by molar-refractivity contribution is -0.384. The van der Waals surface area contributed by atoms with Gasteiger partial charge in [-0.15, -0.1) is 0 Å². The zero-order valence-corrected chi connectivity index (χ0v) is 21.6. The van der Waals surface area contributed by atoms with Gasteiger partial charge >= 0.3 is 6.03 Å². The number of imide groups is 1. The third kappa shape index (κ3) is 5.18. The Kier molecular flexibility index (Phi) is 7.13. The van der Waals surface area contributed by atoms with Gasteiger partial charge in [0.2, 0.25) is 0 Å². The summed E-state index contributed by atoms with van der Waals surface area (Å²) in [5.74, 6) is -0.805. The predicted molar refractivity (Wildman–Crippen MR) is 152 cm³/mol. The van der Waals surface area contributed by atoms with E-state index in [-0.39, 0.29) is 22.9 Å². The summed E-state index contributed by atoms with van der Waals surface area (Å²) in [6.07, 6.45) is 3.24. The number of nitrogens with one attached hydrogen (secondary N) is 3. The lowest BCUT2D eigenvalue weighted by Gasteiger charge is -2.15. The number of urea groups is 1. The molecule has 0 atom stereocenters. The highest BCUT2D eigenvalue weighted by atomic mass is 16.6. The number of carbonyl (C=O) groups is 3. The molecule has 2 aliphatic rings. The van der Waals surface area contributed by atoms with Crippen molar-refractivity contribution in [2.75, 3.05) is 24.2 Å². The summed E-state index contributed by atoms with van der Waals surface area (Å²) in [4.78, 5) is 49.1. The van der Waals surface area contributed by atoms with Crippen LogP contribution >= 0.6 is 0 Å². The first-order valence-electron chi connectivity index (χ1n) is 12.6. The quantitative estimate of drug-likeness (QED) is 0.146. The highest BCUT2D eigenvalue weighted by molar-refractivity contribution is 6.37. The number of anilines is 2. The van der Waals surface area contributed by atoms with Crippen molar-refractivity contribution in [3.05, 3.63) is 105 Å². The second kappa shape index (κ2) is 10.8. The lowest BCUT2D eigenvalue weighted by atomic mass is 9.98. The van der Waals surface area contributed by atoms with E-state index in [9.17, 15) is 24.5 Å². The third-order valence-corrected chi connectivity index (χ3v) is 6.69. The summed E-state index contributed by atoms with van der Waals surface area (Å²) >= 11 is 0. The van der Waals surface area contributed by atoms with Crippen LogP contribution in [0.4, 0.5) is 21.9 Å². The number of nitrogens with zero attached hydrogens (tertiary/aromatic N) is 2. The molecule has 11 nitrogen and oxygen atoms in total. The average molecular weight is 539 g/mol. The number of non-ortho nitro benzene ring substituents is 1. The van der Waals surface area contributed by atoms with Gasteiger partial charge in [-0.25, -0.2) is 4.79 Å². The number of hydrogen-bond donors (Lipinski definition) is 4. The molecule has 0 radical (unpaired) electrons. The largest absolute Gasteiger partial charge is 0.354 e. The van der Waals surface area contributed by atoms with Gasteiger partial charge in [-0.05, 0) is 60.4 Å². The minimum atomic E-state index is -0.497. The van der Waals surface area contributed by atoms with Gasteiger partial charge in [0.15, 0.2) is 0 Å². The van der Waals surface area contributed by atoms with Crippen LogP contribution in [-0.4, -0.2) is 41.3 Å². The molecule has 4 amide bonds. The van der Waals surface area contributed by atoms with Crippen molar-refractivity contribution in [3.63, 3.8) is 0 Å². The van der Waals surface area contributed by atoms with E-state index in [2.05, 4.69) is 16.0 Å². The topological polar surface area (TPSA) is 160 Å². The smallest absolute Gasteiger partial charge is 0.328 e. The van der Waals surface area contributed by atoms with Crippen molar-refractivity contribution in [1.82, 2.24) is 10.2 Å². The van der Waals surface area contributed by atoms with Crippen LogP contribution < -0.4 is 21.7 Å². The maximum absolute atomic E-state index is 13.2. The van der Waals surface area contributed by atoms with Gasteiger partial charge < -0.3 is 21.7 Å². The molecule has 5 N–H and O–H groups in total. The maximum Gasteiger partial charge on any atom is 0.328 e. The molecule has 0 aromatic heterocycles. The highest BCUT2D eigenvalue weighted by Crippen LogP contribution is 2.39. The normalized spacial score (nSPS) is 16.6. The Bertz CT molecular complexity index is 1590. The van der Waals surface area contributed by atoms with Gasteiger partial charge in [0.05, 0.1) is 16.2 Å². The molecule has 5 rings (SSSR count). The van der Waals surface area contributed by atoms with Crippen LogP contribution in [0.3, 0.4) is 0 Å². The summed E-state index contributed by atoms with van der Waals surface area (Å²) in [5, 5.41) is 20.1. The van der Waals surface area contributed by atoms with Gasteiger partial charge in [-0.1, -0.05) is 36.4 Å². The van der Waals surface area contributed by atoms with E-state index in [0.29, 0.717) is 34.7 Å². The fourth-order valence-corrected chi connectivity index (χ4v) is 4.54. The van der Waals surface area contributed by atoms with E-state index < -0.39 is 16.9 Å². The predicted octanol–water partition coefficient (Wildman–Crippen LogP) is 3.94. The SMILES string of the molecule is CN1C(=O)N/C(=C\c2ccc(N/C(=C3\C(=O)Nc4ccc([N+](=O)[O-])cc43)c3ccc(CCCN)cc3)cc2)C1=O. The number of nitro benzene ring substituents is 1. The van der Waals surface area contributed by atoms with Crippen LogP contribution in [0.25, 0.3) is 17.3 Å². The molecule has 0 aliphatic carbocycles. The minimum Gasteiger partial charge on any atom is -0.354 e. The van der Waals surface area contributed by atoms with E-state index >= 15 is 0 Å². The lowest BCUT2D eigenvalue weighted by Crippen LogP contribution is -2.25. The molecule has 0 bridgehead atoms. The van der Waals surface area contributed by atoms with E-state index in [1.807, 2.05) is 24.3 Å². The van der Waals surface area contributed by atoms with Gasteiger partial charge in [0.1, 0.15) is 5.70 Å². The number of carbonyl (C=O) groups excluding carboxylic acids is 3. The summed E-state index contributed by atoms with van der Waals surface area (Å²) in [7, 11) is 1.40. The Morgan fingerprint density at radius 2 is 1.75 bits per heavy atom. The Balaban J connectivity index is 1.53. The van der Waals surface area contributed by atoms with Crippen LogP contribution in [0, 0.1) is 10.1 Å². The van der Waals surface area contributed by atoms with Crippen molar-refractivity contribution in [3.8, 4) is 0 Å². The monoisotopic (exact) mass is 538 g/mol. The van der Waals surface area contributed by atoms with Crippen molar-refractivity contribution < 1.29 is 19.3 Å². The standard InChI is InChI=1S/C29H26N6O5/c1-34-28(37)24(33-29(34)38)15-18-6-10-20(11-7-18)31-26(19-8-4-17(5-9-19)3-2-14-30)25-22-16-21(35(39)40)12-13-23(22)32-27(25)36/h4-13,15-16,31H,2-3,14,30H2,1H3,(H,32,36)(H,33,38)/b24-15-,26-25-. The van der Waals surface area contributed by atoms with Gasteiger partial charge in [-0.3, -0.25) is 24.6 Å². The van der Waals surface area contributed by atoms with Gasteiger partial charge in [0, 0.05) is 36.1 Å². The number of aryl methyl sites for hydroxylation is 1. The minimum absolute atomic E-state index is 0.124. The molecule has 1 fully saturated rings. The van der Waals surface area contributed by atoms with E-state index in [1.54, 1.807) is 30.3 Å². The first kappa shape index (κ1) is 26.3. The van der Waals surface area contributed by atoms with E-state index in [4.69, 9.17) is 5.73 Å². The van der Waals surface area contributed by atoms with Crippen LogP contribution in [-0.2, 0) is 16.0 Å². The molecule has 0 spiro atoms. The third-order valence-electron chi connectivity index (χ3n) is 6.69. The van der Waals surface area contributed by atoms with Crippen molar-refractivity contribution in [2.24, 2.45) is 5.73 Å². The molecule has 11 heteroatoms. The summed E-state index contributed by atoms with van der Waals surface area (Å²) in [6, 6.07) is 18.6. The Morgan fingerprint density at radius 3 is 2.38 bits per heavy atom. The molecule has 3 aromatic carbocycles. The fourth-order valence-electron chi connectivity index (χ4n) is 4.54. The second-order valence-electron chi connectivity index (χ2n) is 9.38. The van der Waals surface area contributed by atoms with Crippen molar-refractivity contribution >= 4 is 52.3 Å². The number of likely N-dealkylation sites (N-methyl/N-ethyl adjacent to an activating group) is 1. The Morgan fingerprint density at radius 1 is 1.02 bits per heavy atom. The highest BCUT2D eigenvalue weighted by Gasteiger charge is 2.31. The molecule has 2 aliphatic heterocycles. The van der Waals surface area contributed by atoms with Gasteiger partial charge in [-0.2, -0.15) is 0 Å². The molecule has 2 heterocycles. The summed E-state index contributed by atoms with van der Waals surface area (Å²) in [6.45, 7) is 0.582. The Labute approximate surface area is 229 Å². The first-order chi connectivity index (χ1) is 19.2. The van der Waals surface area contributed by atoms with Crippen LogP contribution in [0.2, 0.25) is 0 Å².